The largest absolute Gasteiger partial charge is 0.326 e. The van der Waals surface area contributed by atoms with Crippen molar-refractivity contribution >= 4 is 11.0 Å². The van der Waals surface area contributed by atoms with Crippen molar-refractivity contribution in [3.8, 4) is 11.5 Å². The first kappa shape index (κ1) is 11.9. The monoisotopic (exact) mass is 255 g/mol. The molecule has 0 fully saturated rings. The van der Waals surface area contributed by atoms with Crippen LogP contribution in [0.2, 0.25) is 0 Å². The van der Waals surface area contributed by atoms with Crippen molar-refractivity contribution in [3.63, 3.8) is 0 Å². The summed E-state index contributed by atoms with van der Waals surface area (Å²) in [6.07, 6.45) is 1.93. The summed E-state index contributed by atoms with van der Waals surface area (Å²) in [6, 6.07) is 8.17. The average Bonchev–Trinajstić information content (AvgIpc) is 3.00. The van der Waals surface area contributed by atoms with Gasteiger partial charge in [0.1, 0.15) is 5.69 Å². The van der Waals surface area contributed by atoms with Gasteiger partial charge in [-0.25, -0.2) is 4.98 Å². The average molecular weight is 255 g/mol. The van der Waals surface area contributed by atoms with E-state index in [-0.39, 0.29) is 0 Å². The van der Waals surface area contributed by atoms with Crippen LogP contribution in [0.15, 0.2) is 30.5 Å². The van der Waals surface area contributed by atoms with Crippen LogP contribution in [0.25, 0.3) is 22.6 Å². The summed E-state index contributed by atoms with van der Waals surface area (Å²) in [7, 11) is 1.91. The highest BCUT2D eigenvalue weighted by molar-refractivity contribution is 5.80. The number of hydrogen-bond acceptors (Lipinski definition) is 3. The zero-order valence-corrected chi connectivity index (χ0v) is 11.2. The highest BCUT2D eigenvalue weighted by Gasteiger charge is 2.13. The molecule has 0 aliphatic carbocycles. The number of aryl methyl sites for hydroxylation is 2. The Balaban J connectivity index is 2.24. The smallest absolute Gasteiger partial charge is 0.161 e. The molecule has 2 heterocycles. The molecule has 0 bridgehead atoms. The number of nitrogens with zero attached hydrogens (tertiary/aromatic N) is 4. The van der Waals surface area contributed by atoms with E-state index in [1.807, 2.05) is 25.4 Å². The van der Waals surface area contributed by atoms with E-state index in [1.165, 1.54) is 0 Å². The molecule has 5 nitrogen and oxygen atoms in total. The molecule has 5 heteroatoms. The van der Waals surface area contributed by atoms with E-state index < -0.39 is 0 Å². The molecular formula is C14H17N5. The SMILES string of the molecule is CCn1c(-c2ccn(C)n2)nc2cc(CN)ccc21. The number of fused-ring (bicyclic) bond motifs is 1. The van der Waals surface area contributed by atoms with E-state index in [0.717, 1.165) is 34.7 Å². The number of aromatic nitrogens is 4. The van der Waals surface area contributed by atoms with Crippen LogP contribution in [0.5, 0.6) is 0 Å². The summed E-state index contributed by atoms with van der Waals surface area (Å²) in [6.45, 7) is 3.52. The fraction of sp³-hybridized carbons (Fsp3) is 0.286. The Hall–Kier alpha value is -2.14. The van der Waals surface area contributed by atoms with Crippen LogP contribution < -0.4 is 5.73 Å². The molecule has 2 N–H and O–H groups in total. The van der Waals surface area contributed by atoms with Crippen molar-refractivity contribution in [2.24, 2.45) is 12.8 Å². The van der Waals surface area contributed by atoms with E-state index in [2.05, 4.69) is 28.7 Å². The second-order valence-electron chi connectivity index (χ2n) is 4.58. The summed E-state index contributed by atoms with van der Waals surface area (Å²) in [4.78, 5) is 4.71. The maximum absolute atomic E-state index is 5.68. The molecule has 1 aromatic carbocycles. The molecule has 0 saturated heterocycles. The first-order chi connectivity index (χ1) is 9.22. The van der Waals surface area contributed by atoms with E-state index in [9.17, 15) is 0 Å². The number of nitrogens with two attached hydrogens (primary N) is 1. The standard InChI is InChI=1S/C14H17N5/c1-3-19-13-5-4-10(9-15)8-12(13)16-14(19)11-6-7-18(2)17-11/h4-8H,3,9,15H2,1-2H3. The predicted octanol–water partition coefficient (Wildman–Crippen LogP) is 1.92. The lowest BCUT2D eigenvalue weighted by Gasteiger charge is -2.03. The van der Waals surface area contributed by atoms with Crippen molar-refractivity contribution in [1.82, 2.24) is 19.3 Å². The molecule has 0 aliphatic heterocycles. The van der Waals surface area contributed by atoms with Crippen molar-refractivity contribution in [2.45, 2.75) is 20.0 Å². The third-order valence-electron chi connectivity index (χ3n) is 3.31. The van der Waals surface area contributed by atoms with Gasteiger partial charge in [-0.2, -0.15) is 5.10 Å². The Morgan fingerprint density at radius 3 is 2.74 bits per heavy atom. The highest BCUT2D eigenvalue weighted by Crippen LogP contribution is 2.24. The maximum atomic E-state index is 5.68. The Kier molecular flexibility index (Phi) is 2.83. The summed E-state index contributed by atoms with van der Waals surface area (Å²) >= 11 is 0. The number of benzene rings is 1. The van der Waals surface area contributed by atoms with Crippen LogP contribution in [-0.4, -0.2) is 19.3 Å². The minimum absolute atomic E-state index is 0.536. The normalized spacial score (nSPS) is 11.3. The summed E-state index contributed by atoms with van der Waals surface area (Å²) in [5, 5.41) is 4.44. The third-order valence-corrected chi connectivity index (χ3v) is 3.31. The van der Waals surface area contributed by atoms with Crippen LogP contribution in [-0.2, 0) is 20.1 Å². The lowest BCUT2D eigenvalue weighted by atomic mass is 10.2. The van der Waals surface area contributed by atoms with E-state index in [4.69, 9.17) is 10.7 Å². The van der Waals surface area contributed by atoms with Gasteiger partial charge in [0.2, 0.25) is 0 Å². The van der Waals surface area contributed by atoms with Crippen LogP contribution in [0, 0.1) is 0 Å². The minimum atomic E-state index is 0.536. The molecule has 19 heavy (non-hydrogen) atoms. The summed E-state index contributed by atoms with van der Waals surface area (Å²) < 4.78 is 3.97. The molecule has 0 spiro atoms. The molecule has 0 unspecified atom stereocenters. The van der Waals surface area contributed by atoms with E-state index >= 15 is 0 Å². The third kappa shape index (κ3) is 1.92. The lowest BCUT2D eigenvalue weighted by molar-refractivity contribution is 0.754. The van der Waals surface area contributed by atoms with E-state index in [1.54, 1.807) is 4.68 Å². The van der Waals surface area contributed by atoms with Gasteiger partial charge < -0.3 is 10.3 Å². The lowest BCUT2D eigenvalue weighted by Crippen LogP contribution is -1.99. The number of rotatable bonds is 3. The van der Waals surface area contributed by atoms with Crippen molar-refractivity contribution in [1.29, 1.82) is 0 Å². The van der Waals surface area contributed by atoms with Gasteiger partial charge in [-0.05, 0) is 30.7 Å². The number of imidazole rings is 1. The first-order valence-electron chi connectivity index (χ1n) is 6.42. The summed E-state index contributed by atoms with van der Waals surface area (Å²) in [5.74, 6) is 0.910. The van der Waals surface area contributed by atoms with Gasteiger partial charge in [0.25, 0.3) is 0 Å². The maximum Gasteiger partial charge on any atom is 0.161 e. The van der Waals surface area contributed by atoms with Crippen LogP contribution in [0.1, 0.15) is 12.5 Å². The molecule has 0 amide bonds. The van der Waals surface area contributed by atoms with Gasteiger partial charge in [-0.1, -0.05) is 6.07 Å². The second-order valence-corrected chi connectivity index (χ2v) is 4.58. The fourth-order valence-electron chi connectivity index (χ4n) is 2.35. The number of hydrogen-bond donors (Lipinski definition) is 1. The van der Waals surface area contributed by atoms with Crippen molar-refractivity contribution in [3.05, 3.63) is 36.0 Å². The van der Waals surface area contributed by atoms with Gasteiger partial charge >= 0.3 is 0 Å². The Bertz CT molecular complexity index is 723. The predicted molar refractivity (Wildman–Crippen MR) is 75.5 cm³/mol. The quantitative estimate of drug-likeness (QED) is 0.777. The zero-order chi connectivity index (χ0) is 13.4. The van der Waals surface area contributed by atoms with Crippen molar-refractivity contribution < 1.29 is 0 Å². The molecule has 2 aromatic heterocycles. The van der Waals surface area contributed by atoms with Gasteiger partial charge in [0, 0.05) is 26.3 Å². The van der Waals surface area contributed by atoms with E-state index in [0.29, 0.717) is 6.54 Å². The molecule has 0 radical (unpaired) electrons. The zero-order valence-electron chi connectivity index (χ0n) is 11.2. The van der Waals surface area contributed by atoms with Gasteiger partial charge in [-0.3, -0.25) is 4.68 Å². The Morgan fingerprint density at radius 2 is 2.11 bits per heavy atom. The Morgan fingerprint density at radius 1 is 1.26 bits per heavy atom. The van der Waals surface area contributed by atoms with Crippen LogP contribution in [0.4, 0.5) is 0 Å². The summed E-state index contributed by atoms with van der Waals surface area (Å²) in [5.41, 5.74) is 9.78. The molecular weight excluding hydrogens is 238 g/mol. The highest BCUT2D eigenvalue weighted by atomic mass is 15.3. The van der Waals surface area contributed by atoms with Gasteiger partial charge in [-0.15, -0.1) is 0 Å². The first-order valence-corrected chi connectivity index (χ1v) is 6.42. The van der Waals surface area contributed by atoms with Crippen LogP contribution >= 0.6 is 0 Å². The van der Waals surface area contributed by atoms with Gasteiger partial charge in [0.05, 0.1) is 11.0 Å². The topological polar surface area (TPSA) is 61.7 Å². The molecule has 0 aliphatic rings. The van der Waals surface area contributed by atoms with Crippen molar-refractivity contribution in [2.75, 3.05) is 0 Å². The van der Waals surface area contributed by atoms with Gasteiger partial charge in [0.15, 0.2) is 5.82 Å². The molecule has 0 saturated carbocycles. The second kappa shape index (κ2) is 4.51. The molecule has 3 aromatic rings. The fourth-order valence-corrected chi connectivity index (χ4v) is 2.35. The molecule has 0 atom stereocenters. The molecule has 3 rings (SSSR count). The molecule has 98 valence electrons. The Labute approximate surface area is 111 Å². The minimum Gasteiger partial charge on any atom is -0.326 e. The van der Waals surface area contributed by atoms with Crippen LogP contribution in [0.3, 0.4) is 0 Å².